The highest BCUT2D eigenvalue weighted by Crippen LogP contribution is 2.27. The van der Waals surface area contributed by atoms with Crippen molar-refractivity contribution in [3.8, 4) is 0 Å². The molecule has 1 saturated carbocycles. The second-order valence-corrected chi connectivity index (χ2v) is 6.10. The van der Waals surface area contributed by atoms with E-state index < -0.39 is 6.10 Å². The predicted octanol–water partition coefficient (Wildman–Crippen LogP) is 2.89. The Morgan fingerprint density at radius 2 is 1.80 bits per heavy atom. The van der Waals surface area contributed by atoms with E-state index in [2.05, 4.69) is 5.32 Å². The lowest BCUT2D eigenvalue weighted by atomic mass is 9.98. The van der Waals surface area contributed by atoms with Crippen LogP contribution in [0.1, 0.15) is 52.7 Å². The first kappa shape index (κ1) is 15.0. The Kier molecular flexibility index (Phi) is 4.81. The molecule has 2 N–H and O–H groups in total. The largest absolute Gasteiger partial charge is 0.391 e. The summed E-state index contributed by atoms with van der Waals surface area (Å²) in [6.45, 7) is 6.31. The lowest BCUT2D eigenvalue weighted by molar-refractivity contribution is 0.0839. The molecule has 0 bridgehead atoms. The molecule has 0 aliphatic heterocycles. The molecule has 0 aromatic heterocycles. The summed E-state index contributed by atoms with van der Waals surface area (Å²) in [7, 11) is 0. The van der Waals surface area contributed by atoms with Gasteiger partial charge in [-0.25, -0.2) is 0 Å². The van der Waals surface area contributed by atoms with Crippen LogP contribution in [0.2, 0.25) is 0 Å². The molecule has 20 heavy (non-hydrogen) atoms. The van der Waals surface area contributed by atoms with E-state index in [1.165, 1.54) is 18.4 Å². The summed E-state index contributed by atoms with van der Waals surface area (Å²) < 4.78 is 0. The average Bonchev–Trinajstić information content (AvgIpc) is 2.88. The quantitative estimate of drug-likeness (QED) is 0.887. The summed E-state index contributed by atoms with van der Waals surface area (Å²) >= 11 is 0. The van der Waals surface area contributed by atoms with Gasteiger partial charge in [-0.3, -0.25) is 4.79 Å². The maximum Gasteiger partial charge on any atom is 0.251 e. The Balaban J connectivity index is 1.98. The van der Waals surface area contributed by atoms with Crippen LogP contribution >= 0.6 is 0 Å². The highest BCUT2D eigenvalue weighted by molar-refractivity contribution is 5.97. The molecule has 1 amide bonds. The minimum absolute atomic E-state index is 0.0722. The molecule has 3 nitrogen and oxygen atoms in total. The van der Waals surface area contributed by atoms with Gasteiger partial charge in [0.15, 0.2) is 0 Å². The van der Waals surface area contributed by atoms with Gasteiger partial charge < -0.3 is 10.4 Å². The van der Waals surface area contributed by atoms with E-state index in [1.54, 1.807) is 0 Å². The zero-order valence-corrected chi connectivity index (χ0v) is 12.7. The van der Waals surface area contributed by atoms with Gasteiger partial charge in [-0.2, -0.15) is 0 Å². The second-order valence-electron chi connectivity index (χ2n) is 6.10. The summed E-state index contributed by atoms with van der Waals surface area (Å²) in [6, 6.07) is 4.05. The van der Waals surface area contributed by atoms with Crippen LogP contribution in [0.15, 0.2) is 12.1 Å². The number of rotatable bonds is 4. The Hall–Kier alpha value is -1.35. The van der Waals surface area contributed by atoms with Gasteiger partial charge in [0.05, 0.1) is 6.10 Å². The summed E-state index contributed by atoms with van der Waals surface area (Å²) in [5, 5.41) is 13.0. The first-order valence-electron chi connectivity index (χ1n) is 7.53. The molecule has 3 heteroatoms. The van der Waals surface area contributed by atoms with E-state index in [4.69, 9.17) is 0 Å². The SMILES string of the molecule is Cc1cc(C)c(C(=O)NCC(O)C2CCCC2)c(C)c1. The third-order valence-corrected chi connectivity index (χ3v) is 4.32. The van der Waals surface area contributed by atoms with Crippen LogP contribution in [-0.2, 0) is 0 Å². The average molecular weight is 275 g/mol. The zero-order valence-electron chi connectivity index (χ0n) is 12.7. The van der Waals surface area contributed by atoms with E-state index in [1.807, 2.05) is 32.9 Å². The minimum atomic E-state index is -0.410. The standard InChI is InChI=1S/C17H25NO2/c1-11-8-12(2)16(13(3)9-11)17(20)18-10-15(19)14-6-4-5-7-14/h8-9,14-15,19H,4-7,10H2,1-3H3,(H,18,20). The highest BCUT2D eigenvalue weighted by atomic mass is 16.3. The smallest absolute Gasteiger partial charge is 0.251 e. The molecule has 1 fully saturated rings. The molecular weight excluding hydrogens is 250 g/mol. The van der Waals surface area contributed by atoms with Crippen molar-refractivity contribution in [3.63, 3.8) is 0 Å². The van der Waals surface area contributed by atoms with Crippen molar-refractivity contribution in [2.75, 3.05) is 6.54 Å². The number of aliphatic hydroxyl groups excluding tert-OH is 1. The highest BCUT2D eigenvalue weighted by Gasteiger charge is 2.24. The van der Waals surface area contributed by atoms with Crippen molar-refractivity contribution in [2.24, 2.45) is 5.92 Å². The summed E-state index contributed by atoms with van der Waals surface area (Å²) in [5.74, 6) is 0.285. The van der Waals surface area contributed by atoms with Crippen LogP contribution in [0.25, 0.3) is 0 Å². The van der Waals surface area contributed by atoms with Crippen LogP contribution in [0.4, 0.5) is 0 Å². The first-order chi connectivity index (χ1) is 9.49. The molecule has 1 atom stereocenters. The van der Waals surface area contributed by atoms with Crippen LogP contribution in [0, 0.1) is 26.7 Å². The maximum atomic E-state index is 12.3. The van der Waals surface area contributed by atoms with Crippen molar-refractivity contribution < 1.29 is 9.90 Å². The number of aliphatic hydroxyl groups is 1. The number of hydrogen-bond donors (Lipinski definition) is 2. The number of carbonyl (C=O) groups excluding carboxylic acids is 1. The predicted molar refractivity (Wildman–Crippen MR) is 81.0 cm³/mol. The number of benzene rings is 1. The molecule has 0 spiro atoms. The number of aryl methyl sites for hydroxylation is 3. The summed E-state index contributed by atoms with van der Waals surface area (Å²) in [6.07, 6.45) is 4.16. The number of amides is 1. The van der Waals surface area contributed by atoms with Crippen molar-refractivity contribution in [3.05, 3.63) is 34.4 Å². The molecule has 1 aliphatic carbocycles. The Morgan fingerprint density at radius 3 is 2.35 bits per heavy atom. The number of nitrogens with one attached hydrogen (secondary N) is 1. The second kappa shape index (κ2) is 6.40. The number of hydrogen-bond acceptors (Lipinski definition) is 2. The summed E-state index contributed by atoms with van der Waals surface area (Å²) in [4.78, 5) is 12.3. The maximum absolute atomic E-state index is 12.3. The molecule has 110 valence electrons. The fourth-order valence-electron chi connectivity index (χ4n) is 3.33. The summed E-state index contributed by atoms with van der Waals surface area (Å²) in [5.41, 5.74) is 3.91. The molecule has 1 aliphatic rings. The molecule has 0 saturated heterocycles. The van der Waals surface area contributed by atoms with E-state index >= 15 is 0 Å². The van der Waals surface area contributed by atoms with Gasteiger partial charge >= 0.3 is 0 Å². The normalized spacial score (nSPS) is 17.2. The van der Waals surface area contributed by atoms with Gasteiger partial charge in [-0.15, -0.1) is 0 Å². The molecule has 1 aromatic rings. The van der Waals surface area contributed by atoms with E-state index in [0.717, 1.165) is 29.5 Å². The molecule has 2 rings (SSSR count). The van der Waals surface area contributed by atoms with Gasteiger partial charge in [0, 0.05) is 12.1 Å². The van der Waals surface area contributed by atoms with Crippen LogP contribution in [0.3, 0.4) is 0 Å². The van der Waals surface area contributed by atoms with Gasteiger partial charge in [0.1, 0.15) is 0 Å². The number of carbonyl (C=O) groups is 1. The molecular formula is C17H25NO2. The van der Waals surface area contributed by atoms with Crippen molar-refractivity contribution >= 4 is 5.91 Å². The lowest BCUT2D eigenvalue weighted by Crippen LogP contribution is -2.36. The van der Waals surface area contributed by atoms with Gasteiger partial charge in [0.25, 0.3) is 5.91 Å². The van der Waals surface area contributed by atoms with Crippen LogP contribution < -0.4 is 5.32 Å². The van der Waals surface area contributed by atoms with E-state index in [0.29, 0.717) is 12.5 Å². The Labute approximate surface area is 121 Å². The lowest BCUT2D eigenvalue weighted by Gasteiger charge is -2.19. The topological polar surface area (TPSA) is 49.3 Å². The minimum Gasteiger partial charge on any atom is -0.391 e. The van der Waals surface area contributed by atoms with E-state index in [-0.39, 0.29) is 5.91 Å². The first-order valence-corrected chi connectivity index (χ1v) is 7.53. The van der Waals surface area contributed by atoms with E-state index in [9.17, 15) is 9.90 Å². The van der Waals surface area contributed by atoms with Gasteiger partial charge in [-0.1, -0.05) is 30.5 Å². The van der Waals surface area contributed by atoms with Crippen LogP contribution in [0.5, 0.6) is 0 Å². The van der Waals surface area contributed by atoms with Crippen molar-refractivity contribution in [1.29, 1.82) is 0 Å². The Morgan fingerprint density at radius 1 is 1.25 bits per heavy atom. The van der Waals surface area contributed by atoms with Crippen LogP contribution in [-0.4, -0.2) is 23.7 Å². The molecule has 0 radical (unpaired) electrons. The van der Waals surface area contributed by atoms with Crippen molar-refractivity contribution in [1.82, 2.24) is 5.32 Å². The third kappa shape index (κ3) is 3.40. The Bertz CT molecular complexity index is 467. The van der Waals surface area contributed by atoms with Crippen molar-refractivity contribution in [2.45, 2.75) is 52.6 Å². The van der Waals surface area contributed by atoms with Gasteiger partial charge in [-0.05, 0) is 50.7 Å². The molecule has 1 unspecified atom stereocenters. The monoisotopic (exact) mass is 275 g/mol. The molecule has 1 aromatic carbocycles. The third-order valence-electron chi connectivity index (χ3n) is 4.32. The van der Waals surface area contributed by atoms with Gasteiger partial charge in [0.2, 0.25) is 0 Å². The fraction of sp³-hybridized carbons (Fsp3) is 0.588. The zero-order chi connectivity index (χ0) is 14.7. The fourth-order valence-corrected chi connectivity index (χ4v) is 3.33. The molecule has 0 heterocycles.